The lowest BCUT2D eigenvalue weighted by atomic mass is 9.67. The number of aryl methyl sites for hydroxylation is 2. The molecule has 0 radical (unpaired) electrons. The Morgan fingerprint density at radius 3 is 2.71 bits per heavy atom. The van der Waals surface area contributed by atoms with Gasteiger partial charge in [-0.05, 0) is 43.2 Å². The molecule has 0 aliphatic heterocycles. The van der Waals surface area contributed by atoms with Crippen LogP contribution in [-0.4, -0.2) is 15.4 Å². The van der Waals surface area contributed by atoms with Gasteiger partial charge in [-0.1, -0.05) is 13.3 Å². The zero-order valence-electron chi connectivity index (χ0n) is 12.8. The first-order valence-electron chi connectivity index (χ1n) is 7.80. The number of rotatable bonds is 5. The molecule has 1 aliphatic rings. The summed E-state index contributed by atoms with van der Waals surface area (Å²) in [6.45, 7) is 5.06. The number of nitrogens with zero attached hydrogens (tertiary/aromatic N) is 2. The molecular formula is C17H22ClFN2. The van der Waals surface area contributed by atoms with E-state index in [9.17, 15) is 4.39 Å². The van der Waals surface area contributed by atoms with Crippen molar-refractivity contribution in [1.82, 2.24) is 9.55 Å². The van der Waals surface area contributed by atoms with E-state index in [2.05, 4.69) is 16.5 Å². The molecule has 1 saturated carbocycles. The van der Waals surface area contributed by atoms with Gasteiger partial charge in [0.1, 0.15) is 11.6 Å². The SMILES string of the molecule is CCC1(Cn2c(CCCl)nc3cc(F)c(C)cc32)CCC1. The summed E-state index contributed by atoms with van der Waals surface area (Å²) in [5.41, 5.74) is 2.88. The molecule has 2 nitrogen and oxygen atoms in total. The molecule has 3 rings (SSSR count). The predicted molar refractivity (Wildman–Crippen MR) is 85.4 cm³/mol. The minimum Gasteiger partial charge on any atom is -0.327 e. The second-order valence-corrected chi connectivity index (χ2v) is 6.73. The largest absolute Gasteiger partial charge is 0.327 e. The number of alkyl halides is 1. The Kier molecular flexibility index (Phi) is 3.96. The van der Waals surface area contributed by atoms with Crippen LogP contribution in [0.4, 0.5) is 4.39 Å². The summed E-state index contributed by atoms with van der Waals surface area (Å²) in [5, 5.41) is 0. The van der Waals surface area contributed by atoms with Crippen LogP contribution in [0.15, 0.2) is 12.1 Å². The molecular weight excluding hydrogens is 287 g/mol. The molecule has 114 valence electrons. The van der Waals surface area contributed by atoms with Crippen LogP contribution in [0, 0.1) is 18.2 Å². The number of hydrogen-bond acceptors (Lipinski definition) is 1. The van der Waals surface area contributed by atoms with Crippen molar-refractivity contribution in [2.75, 3.05) is 5.88 Å². The Morgan fingerprint density at radius 2 is 2.14 bits per heavy atom. The van der Waals surface area contributed by atoms with Gasteiger partial charge in [0.25, 0.3) is 0 Å². The van der Waals surface area contributed by atoms with Crippen molar-refractivity contribution in [1.29, 1.82) is 0 Å². The smallest absolute Gasteiger partial charge is 0.128 e. The van der Waals surface area contributed by atoms with Crippen molar-refractivity contribution < 1.29 is 4.39 Å². The average Bonchev–Trinajstić information content (AvgIpc) is 2.72. The molecule has 0 amide bonds. The van der Waals surface area contributed by atoms with E-state index in [-0.39, 0.29) is 5.82 Å². The van der Waals surface area contributed by atoms with Gasteiger partial charge in [-0.25, -0.2) is 9.37 Å². The first-order valence-corrected chi connectivity index (χ1v) is 8.33. The lowest BCUT2D eigenvalue weighted by Crippen LogP contribution is -2.34. The molecule has 1 aromatic heterocycles. The standard InChI is InChI=1S/C17H22ClFN2/c1-3-17(6-4-7-17)11-21-15-9-12(2)13(19)10-14(15)20-16(21)5-8-18/h9-10H,3-8,11H2,1-2H3. The van der Waals surface area contributed by atoms with Crippen LogP contribution in [0.5, 0.6) is 0 Å². The predicted octanol–water partition coefficient (Wildman–Crippen LogP) is 4.85. The normalized spacial score (nSPS) is 17.1. The maximum absolute atomic E-state index is 13.8. The van der Waals surface area contributed by atoms with E-state index < -0.39 is 0 Å². The molecule has 21 heavy (non-hydrogen) atoms. The van der Waals surface area contributed by atoms with Crippen LogP contribution in [-0.2, 0) is 13.0 Å². The van der Waals surface area contributed by atoms with Gasteiger partial charge in [0.15, 0.2) is 0 Å². The van der Waals surface area contributed by atoms with Gasteiger partial charge in [0.2, 0.25) is 0 Å². The fourth-order valence-electron chi connectivity index (χ4n) is 3.39. The number of fused-ring (bicyclic) bond motifs is 1. The van der Waals surface area contributed by atoms with Crippen LogP contribution >= 0.6 is 11.6 Å². The molecule has 1 aliphatic carbocycles. The maximum atomic E-state index is 13.8. The quantitative estimate of drug-likeness (QED) is 0.722. The number of aromatic nitrogens is 2. The highest BCUT2D eigenvalue weighted by Crippen LogP contribution is 2.45. The van der Waals surface area contributed by atoms with Crippen molar-refractivity contribution in [3.8, 4) is 0 Å². The number of hydrogen-bond donors (Lipinski definition) is 0. The van der Waals surface area contributed by atoms with Gasteiger partial charge in [-0.3, -0.25) is 0 Å². The van der Waals surface area contributed by atoms with E-state index in [1.165, 1.54) is 25.7 Å². The van der Waals surface area contributed by atoms with Gasteiger partial charge in [-0.2, -0.15) is 0 Å². The van der Waals surface area contributed by atoms with E-state index in [0.717, 1.165) is 29.8 Å². The Hall–Kier alpha value is -1.09. The summed E-state index contributed by atoms with van der Waals surface area (Å²) in [6.07, 6.45) is 5.80. The zero-order chi connectivity index (χ0) is 15.0. The summed E-state index contributed by atoms with van der Waals surface area (Å²) >= 11 is 5.92. The van der Waals surface area contributed by atoms with Gasteiger partial charge < -0.3 is 4.57 Å². The van der Waals surface area contributed by atoms with Gasteiger partial charge in [0.05, 0.1) is 11.0 Å². The first kappa shape index (κ1) is 14.8. The minimum atomic E-state index is -0.182. The lowest BCUT2D eigenvalue weighted by Gasteiger charge is -2.42. The summed E-state index contributed by atoms with van der Waals surface area (Å²) in [5.74, 6) is 1.35. The van der Waals surface area contributed by atoms with Crippen LogP contribution in [0.2, 0.25) is 0 Å². The lowest BCUT2D eigenvalue weighted by molar-refractivity contribution is 0.101. The summed E-state index contributed by atoms with van der Waals surface area (Å²) in [7, 11) is 0. The van der Waals surface area contributed by atoms with Gasteiger partial charge in [-0.15, -0.1) is 11.6 Å². The Balaban J connectivity index is 2.09. The molecule has 0 spiro atoms. The fraction of sp³-hybridized carbons (Fsp3) is 0.588. The van der Waals surface area contributed by atoms with Crippen molar-refractivity contribution in [3.05, 3.63) is 29.3 Å². The molecule has 1 fully saturated rings. The van der Waals surface area contributed by atoms with E-state index in [1.807, 2.05) is 13.0 Å². The van der Waals surface area contributed by atoms with Crippen molar-refractivity contribution in [2.24, 2.45) is 5.41 Å². The number of imidazole rings is 1. The summed E-state index contributed by atoms with van der Waals surface area (Å²) in [4.78, 5) is 4.62. The highest BCUT2D eigenvalue weighted by molar-refractivity contribution is 6.17. The summed E-state index contributed by atoms with van der Waals surface area (Å²) < 4.78 is 16.1. The van der Waals surface area contributed by atoms with Crippen LogP contribution in [0.25, 0.3) is 11.0 Å². The fourth-order valence-corrected chi connectivity index (χ4v) is 3.56. The van der Waals surface area contributed by atoms with Gasteiger partial charge >= 0.3 is 0 Å². The summed E-state index contributed by atoms with van der Waals surface area (Å²) in [6, 6.07) is 3.48. The molecule has 0 saturated heterocycles. The van der Waals surface area contributed by atoms with E-state index >= 15 is 0 Å². The Bertz CT molecular complexity index is 653. The monoisotopic (exact) mass is 308 g/mol. The van der Waals surface area contributed by atoms with Crippen molar-refractivity contribution in [3.63, 3.8) is 0 Å². The molecule has 2 aromatic rings. The zero-order valence-corrected chi connectivity index (χ0v) is 13.5. The highest BCUT2D eigenvalue weighted by Gasteiger charge is 2.36. The molecule has 1 heterocycles. The Morgan fingerprint density at radius 1 is 1.38 bits per heavy atom. The van der Waals surface area contributed by atoms with Gasteiger partial charge in [0, 0.05) is 24.9 Å². The second kappa shape index (κ2) is 5.60. The molecule has 4 heteroatoms. The maximum Gasteiger partial charge on any atom is 0.128 e. The number of benzene rings is 1. The molecule has 0 atom stereocenters. The molecule has 1 aromatic carbocycles. The third-order valence-corrected chi connectivity index (χ3v) is 5.27. The Labute approximate surface area is 130 Å². The molecule has 0 N–H and O–H groups in total. The first-order chi connectivity index (χ1) is 10.1. The van der Waals surface area contributed by atoms with E-state index in [4.69, 9.17) is 11.6 Å². The second-order valence-electron chi connectivity index (χ2n) is 6.35. The molecule has 0 bridgehead atoms. The van der Waals surface area contributed by atoms with Crippen LogP contribution < -0.4 is 0 Å². The average molecular weight is 309 g/mol. The van der Waals surface area contributed by atoms with Crippen molar-refractivity contribution >= 4 is 22.6 Å². The van der Waals surface area contributed by atoms with Crippen LogP contribution in [0.3, 0.4) is 0 Å². The van der Waals surface area contributed by atoms with E-state index in [0.29, 0.717) is 16.9 Å². The third-order valence-electron chi connectivity index (χ3n) is 5.08. The minimum absolute atomic E-state index is 0.182. The molecule has 0 unspecified atom stereocenters. The third kappa shape index (κ3) is 2.57. The number of halogens is 2. The van der Waals surface area contributed by atoms with Crippen LogP contribution in [0.1, 0.15) is 44.0 Å². The topological polar surface area (TPSA) is 17.8 Å². The van der Waals surface area contributed by atoms with E-state index in [1.54, 1.807) is 6.07 Å². The highest BCUT2D eigenvalue weighted by atomic mass is 35.5. The van der Waals surface area contributed by atoms with Crippen molar-refractivity contribution in [2.45, 2.75) is 52.5 Å².